The molecule has 1 atom stereocenters. The predicted octanol–water partition coefficient (Wildman–Crippen LogP) is 2.44. The molecule has 116 valence electrons. The summed E-state index contributed by atoms with van der Waals surface area (Å²) in [7, 11) is 0. The van der Waals surface area contributed by atoms with E-state index >= 15 is 0 Å². The first-order chi connectivity index (χ1) is 9.95. The van der Waals surface area contributed by atoms with E-state index in [0.717, 1.165) is 19.5 Å². The second-order valence-electron chi connectivity index (χ2n) is 6.21. The summed E-state index contributed by atoms with van der Waals surface area (Å²) in [6, 6.07) is 3.64. The van der Waals surface area contributed by atoms with E-state index in [0.29, 0.717) is 11.6 Å². The summed E-state index contributed by atoms with van der Waals surface area (Å²) in [6.45, 7) is 9.68. The van der Waals surface area contributed by atoms with Crippen LogP contribution in [0, 0.1) is 11.3 Å². The molecule has 5 heteroatoms. The van der Waals surface area contributed by atoms with Crippen molar-refractivity contribution in [3.63, 3.8) is 0 Å². The largest absolute Gasteiger partial charge is 0.473 e. The maximum absolute atomic E-state index is 12.8. The zero-order chi connectivity index (χ0) is 15.5. The lowest BCUT2D eigenvalue weighted by molar-refractivity contribution is -0.126. The molecule has 0 spiro atoms. The zero-order valence-corrected chi connectivity index (χ0v) is 13.3. The number of anilines is 1. The number of nitrogens with zero attached hydrogens (tertiary/aromatic N) is 1. The monoisotopic (exact) mass is 291 g/mol. The summed E-state index contributed by atoms with van der Waals surface area (Å²) < 4.78 is 5.66. The number of ether oxygens (including phenoxy) is 1. The zero-order valence-electron chi connectivity index (χ0n) is 13.3. The van der Waals surface area contributed by atoms with Crippen LogP contribution in [-0.4, -0.2) is 30.1 Å². The van der Waals surface area contributed by atoms with Crippen LogP contribution in [0.1, 0.15) is 34.1 Å². The van der Waals surface area contributed by atoms with E-state index < -0.39 is 0 Å². The Kier molecular flexibility index (Phi) is 4.83. The molecule has 0 aromatic carbocycles. The number of carbonyl (C=O) groups is 1. The minimum atomic E-state index is -0.356. The Bertz CT molecular complexity index is 494. The number of hydrogen-bond donors (Lipinski definition) is 2. The van der Waals surface area contributed by atoms with Crippen molar-refractivity contribution in [2.45, 2.75) is 40.2 Å². The van der Waals surface area contributed by atoms with Crippen molar-refractivity contribution in [3.05, 3.63) is 18.3 Å². The summed E-state index contributed by atoms with van der Waals surface area (Å²) in [5.41, 5.74) is 0.286. The summed E-state index contributed by atoms with van der Waals surface area (Å²) in [5.74, 6) is 0.799. The van der Waals surface area contributed by atoms with Gasteiger partial charge >= 0.3 is 0 Å². The minimum Gasteiger partial charge on any atom is -0.473 e. The first-order valence-corrected chi connectivity index (χ1v) is 7.59. The quantitative estimate of drug-likeness (QED) is 0.874. The van der Waals surface area contributed by atoms with Gasteiger partial charge in [0.05, 0.1) is 11.5 Å². The van der Waals surface area contributed by atoms with E-state index in [1.54, 1.807) is 12.3 Å². The Morgan fingerprint density at radius 3 is 2.76 bits per heavy atom. The highest BCUT2D eigenvalue weighted by Gasteiger charge is 2.44. The Labute approximate surface area is 126 Å². The second kappa shape index (κ2) is 6.43. The summed E-state index contributed by atoms with van der Waals surface area (Å²) >= 11 is 0. The van der Waals surface area contributed by atoms with Crippen molar-refractivity contribution in [2.24, 2.45) is 11.3 Å². The van der Waals surface area contributed by atoms with Crippen LogP contribution in [0.4, 0.5) is 5.69 Å². The fraction of sp³-hybridized carbons (Fsp3) is 0.625. The van der Waals surface area contributed by atoms with Crippen molar-refractivity contribution in [1.82, 2.24) is 10.3 Å². The molecule has 2 N–H and O–H groups in total. The van der Waals surface area contributed by atoms with Gasteiger partial charge in [0.2, 0.25) is 11.8 Å². The van der Waals surface area contributed by atoms with Crippen LogP contribution in [0.2, 0.25) is 0 Å². The third-order valence-corrected chi connectivity index (χ3v) is 4.11. The number of hydrogen-bond acceptors (Lipinski definition) is 4. The lowest BCUT2D eigenvalue weighted by atomic mass is 9.75. The Balaban J connectivity index is 2.19. The van der Waals surface area contributed by atoms with Gasteiger partial charge in [0.15, 0.2) is 0 Å². The van der Waals surface area contributed by atoms with Gasteiger partial charge in [-0.15, -0.1) is 0 Å². The number of aromatic nitrogens is 1. The van der Waals surface area contributed by atoms with Gasteiger partial charge in [-0.05, 0) is 44.9 Å². The summed E-state index contributed by atoms with van der Waals surface area (Å²) in [4.78, 5) is 17.0. The highest BCUT2D eigenvalue weighted by Crippen LogP contribution is 2.36. The predicted molar refractivity (Wildman–Crippen MR) is 83.4 cm³/mol. The molecule has 1 unspecified atom stereocenters. The van der Waals surface area contributed by atoms with Crippen LogP contribution in [0.5, 0.6) is 5.88 Å². The van der Waals surface area contributed by atoms with Gasteiger partial charge < -0.3 is 15.4 Å². The molecule has 1 saturated heterocycles. The molecule has 21 heavy (non-hydrogen) atoms. The lowest BCUT2D eigenvalue weighted by Gasteiger charge is -2.31. The van der Waals surface area contributed by atoms with Crippen molar-refractivity contribution in [2.75, 3.05) is 18.4 Å². The fourth-order valence-electron chi connectivity index (χ4n) is 2.71. The van der Waals surface area contributed by atoms with Crippen molar-refractivity contribution in [1.29, 1.82) is 0 Å². The van der Waals surface area contributed by atoms with Crippen LogP contribution in [0.15, 0.2) is 18.3 Å². The van der Waals surface area contributed by atoms with E-state index in [1.807, 2.05) is 19.9 Å². The van der Waals surface area contributed by atoms with E-state index in [-0.39, 0.29) is 23.3 Å². The van der Waals surface area contributed by atoms with Gasteiger partial charge in [-0.1, -0.05) is 13.8 Å². The molecule has 1 aromatic rings. The number of nitrogens with one attached hydrogen (secondary N) is 2. The van der Waals surface area contributed by atoms with Crippen molar-refractivity contribution < 1.29 is 9.53 Å². The third kappa shape index (κ3) is 3.35. The number of amides is 1. The molecule has 2 heterocycles. The topological polar surface area (TPSA) is 63.2 Å². The van der Waals surface area contributed by atoms with Crippen LogP contribution < -0.4 is 15.4 Å². The highest BCUT2D eigenvalue weighted by atomic mass is 16.5. The summed E-state index contributed by atoms with van der Waals surface area (Å²) in [6.07, 6.45) is 2.54. The Hall–Kier alpha value is -1.62. The number of carbonyl (C=O) groups excluding carboxylic acids is 1. The average molecular weight is 291 g/mol. The molecule has 1 aliphatic heterocycles. The van der Waals surface area contributed by atoms with Gasteiger partial charge in [-0.3, -0.25) is 4.79 Å². The van der Waals surface area contributed by atoms with E-state index in [4.69, 9.17) is 4.74 Å². The Morgan fingerprint density at radius 1 is 1.43 bits per heavy atom. The van der Waals surface area contributed by atoms with Gasteiger partial charge in [0.1, 0.15) is 5.69 Å². The van der Waals surface area contributed by atoms with E-state index in [1.165, 1.54) is 0 Å². The van der Waals surface area contributed by atoms with E-state index in [9.17, 15) is 4.79 Å². The van der Waals surface area contributed by atoms with Crippen LogP contribution in [0.25, 0.3) is 0 Å². The van der Waals surface area contributed by atoms with Crippen molar-refractivity contribution in [3.8, 4) is 5.88 Å². The highest BCUT2D eigenvalue weighted by molar-refractivity contribution is 5.96. The fourth-order valence-corrected chi connectivity index (χ4v) is 2.71. The molecule has 2 rings (SSSR count). The number of rotatable bonds is 5. The van der Waals surface area contributed by atoms with Crippen LogP contribution in [0.3, 0.4) is 0 Å². The summed E-state index contributed by atoms with van der Waals surface area (Å²) in [5, 5.41) is 6.31. The molecular formula is C16H25N3O2. The van der Waals surface area contributed by atoms with Gasteiger partial charge in [-0.2, -0.15) is 0 Å². The molecule has 1 aromatic heterocycles. The van der Waals surface area contributed by atoms with Gasteiger partial charge in [-0.25, -0.2) is 4.98 Å². The normalized spacial score (nSPS) is 21.8. The smallest absolute Gasteiger partial charge is 0.238 e. The van der Waals surface area contributed by atoms with Gasteiger partial charge in [0, 0.05) is 12.7 Å². The molecule has 1 aliphatic rings. The molecule has 0 bridgehead atoms. The molecule has 1 fully saturated rings. The van der Waals surface area contributed by atoms with Crippen LogP contribution >= 0.6 is 0 Å². The lowest BCUT2D eigenvalue weighted by Crippen LogP contribution is -2.42. The third-order valence-electron chi connectivity index (χ3n) is 4.11. The number of pyridine rings is 1. The maximum Gasteiger partial charge on any atom is 0.238 e. The molecule has 0 radical (unpaired) electrons. The molecular weight excluding hydrogens is 266 g/mol. The molecule has 0 saturated carbocycles. The van der Waals surface area contributed by atoms with Crippen molar-refractivity contribution >= 4 is 11.6 Å². The maximum atomic E-state index is 12.8. The first kappa shape index (κ1) is 15.8. The molecule has 5 nitrogen and oxygen atoms in total. The first-order valence-electron chi connectivity index (χ1n) is 7.59. The average Bonchev–Trinajstić information content (AvgIpc) is 2.91. The molecule has 0 aliphatic carbocycles. The Morgan fingerprint density at radius 2 is 2.19 bits per heavy atom. The second-order valence-corrected chi connectivity index (χ2v) is 6.21. The SMILES string of the molecule is CC(C)Oc1ncccc1NC(=O)C1(C(C)C)CCNC1. The van der Waals surface area contributed by atoms with Gasteiger partial charge in [0.25, 0.3) is 0 Å². The minimum absolute atomic E-state index is 0.0164. The van der Waals surface area contributed by atoms with Crippen LogP contribution in [-0.2, 0) is 4.79 Å². The van der Waals surface area contributed by atoms with E-state index in [2.05, 4.69) is 29.5 Å². The standard InChI is InChI=1S/C16H25N3O2/c1-11(2)16(7-9-17-10-16)15(20)19-13-6-5-8-18-14(13)21-12(3)4/h5-6,8,11-12,17H,7,9-10H2,1-4H3,(H,19,20). The molecule has 1 amide bonds.